The third-order valence-corrected chi connectivity index (χ3v) is 2.77. The fraction of sp³-hybridized carbons (Fsp3) is 0.308. The van der Waals surface area contributed by atoms with Crippen molar-refractivity contribution in [3.8, 4) is 11.4 Å². The highest BCUT2D eigenvalue weighted by atomic mass is 16.5. The molecule has 1 unspecified atom stereocenters. The topological polar surface area (TPSA) is 47.3 Å². The number of aliphatic hydroxyl groups is 1. The Labute approximate surface area is 100 Å². The van der Waals surface area contributed by atoms with Crippen LogP contribution in [0, 0.1) is 6.92 Å². The third-order valence-electron chi connectivity index (χ3n) is 2.77. The first kappa shape index (κ1) is 11.7. The standard InChI is InChI=1S/C13H16N2O2/c1-9(16)13-11(5-4-6-12(13)17-3)15-8-7-14-10(15)2/h4-9,16H,1-3H3. The molecule has 0 aliphatic rings. The van der Waals surface area contributed by atoms with Crippen LogP contribution in [0.4, 0.5) is 0 Å². The monoisotopic (exact) mass is 232 g/mol. The van der Waals surface area contributed by atoms with Gasteiger partial charge in [0.1, 0.15) is 11.6 Å². The van der Waals surface area contributed by atoms with E-state index in [0.717, 1.165) is 17.1 Å². The van der Waals surface area contributed by atoms with Crippen molar-refractivity contribution in [2.75, 3.05) is 7.11 Å². The zero-order valence-corrected chi connectivity index (χ0v) is 10.2. The fourth-order valence-electron chi connectivity index (χ4n) is 1.97. The Hall–Kier alpha value is -1.81. The van der Waals surface area contributed by atoms with Gasteiger partial charge in [0.15, 0.2) is 0 Å². The van der Waals surface area contributed by atoms with Crippen LogP contribution in [0.2, 0.25) is 0 Å². The Morgan fingerprint density at radius 2 is 2.18 bits per heavy atom. The second kappa shape index (κ2) is 4.59. The molecule has 1 aromatic carbocycles. The van der Waals surface area contributed by atoms with Crippen molar-refractivity contribution in [3.05, 3.63) is 42.0 Å². The van der Waals surface area contributed by atoms with Crippen LogP contribution < -0.4 is 4.74 Å². The van der Waals surface area contributed by atoms with Gasteiger partial charge in [0.25, 0.3) is 0 Å². The Bertz CT molecular complexity index is 518. The lowest BCUT2D eigenvalue weighted by molar-refractivity contribution is 0.194. The number of benzene rings is 1. The van der Waals surface area contributed by atoms with Gasteiger partial charge in [-0.3, -0.25) is 0 Å². The van der Waals surface area contributed by atoms with E-state index in [1.54, 1.807) is 20.2 Å². The normalized spacial score (nSPS) is 12.5. The summed E-state index contributed by atoms with van der Waals surface area (Å²) in [7, 11) is 1.60. The molecule has 0 aliphatic heterocycles. The molecule has 0 fully saturated rings. The zero-order valence-electron chi connectivity index (χ0n) is 10.2. The van der Waals surface area contributed by atoms with E-state index in [0.29, 0.717) is 5.75 Å². The van der Waals surface area contributed by atoms with E-state index in [1.165, 1.54) is 0 Å². The van der Waals surface area contributed by atoms with Gasteiger partial charge in [-0.1, -0.05) is 6.07 Å². The molecule has 0 aliphatic carbocycles. The molecule has 2 rings (SSSR count). The van der Waals surface area contributed by atoms with Crippen molar-refractivity contribution in [2.24, 2.45) is 0 Å². The maximum absolute atomic E-state index is 9.89. The van der Waals surface area contributed by atoms with Gasteiger partial charge in [0, 0.05) is 18.0 Å². The minimum Gasteiger partial charge on any atom is -0.496 e. The summed E-state index contributed by atoms with van der Waals surface area (Å²) in [6, 6.07) is 5.69. The maximum Gasteiger partial charge on any atom is 0.126 e. The predicted octanol–water partition coefficient (Wildman–Crippen LogP) is 2.24. The van der Waals surface area contributed by atoms with Crippen LogP contribution in [0.3, 0.4) is 0 Å². The number of ether oxygens (including phenoxy) is 1. The number of aryl methyl sites for hydroxylation is 1. The Morgan fingerprint density at radius 3 is 2.71 bits per heavy atom. The van der Waals surface area contributed by atoms with Gasteiger partial charge in [0.2, 0.25) is 0 Å². The van der Waals surface area contributed by atoms with Crippen molar-refractivity contribution in [2.45, 2.75) is 20.0 Å². The lowest BCUT2D eigenvalue weighted by Gasteiger charge is -2.17. The predicted molar refractivity (Wildman–Crippen MR) is 65.5 cm³/mol. The summed E-state index contributed by atoms with van der Waals surface area (Å²) in [6.45, 7) is 3.65. The second-order valence-electron chi connectivity index (χ2n) is 3.91. The number of imidazole rings is 1. The summed E-state index contributed by atoms with van der Waals surface area (Å²) in [5.74, 6) is 1.56. The van der Waals surface area contributed by atoms with E-state index in [-0.39, 0.29) is 0 Å². The van der Waals surface area contributed by atoms with Crippen LogP contribution >= 0.6 is 0 Å². The van der Waals surface area contributed by atoms with Crippen molar-refractivity contribution < 1.29 is 9.84 Å². The first-order valence-corrected chi connectivity index (χ1v) is 5.50. The quantitative estimate of drug-likeness (QED) is 0.882. The molecule has 17 heavy (non-hydrogen) atoms. The first-order valence-electron chi connectivity index (χ1n) is 5.50. The summed E-state index contributed by atoms with van der Waals surface area (Å²) in [6.07, 6.45) is 3.01. The molecule has 1 N–H and O–H groups in total. The molecular weight excluding hydrogens is 216 g/mol. The Balaban J connectivity index is 2.65. The van der Waals surface area contributed by atoms with Gasteiger partial charge in [-0.25, -0.2) is 4.98 Å². The van der Waals surface area contributed by atoms with E-state index in [2.05, 4.69) is 4.98 Å². The van der Waals surface area contributed by atoms with Gasteiger partial charge in [0.05, 0.1) is 18.9 Å². The molecule has 0 saturated carbocycles. The Kier molecular flexibility index (Phi) is 3.15. The molecule has 1 heterocycles. The van der Waals surface area contributed by atoms with E-state index >= 15 is 0 Å². The van der Waals surface area contributed by atoms with Gasteiger partial charge in [-0.15, -0.1) is 0 Å². The first-order chi connectivity index (χ1) is 8.15. The summed E-state index contributed by atoms with van der Waals surface area (Å²) in [4.78, 5) is 4.19. The van der Waals surface area contributed by atoms with E-state index in [1.807, 2.05) is 35.9 Å². The highest BCUT2D eigenvalue weighted by Crippen LogP contribution is 2.31. The molecule has 0 saturated heterocycles. The van der Waals surface area contributed by atoms with Crippen LogP contribution in [0.1, 0.15) is 24.4 Å². The SMILES string of the molecule is COc1cccc(-n2ccnc2C)c1C(C)O. The molecular formula is C13H16N2O2. The van der Waals surface area contributed by atoms with E-state index < -0.39 is 6.10 Å². The number of rotatable bonds is 3. The number of hydrogen-bond acceptors (Lipinski definition) is 3. The third kappa shape index (κ3) is 2.03. The summed E-state index contributed by atoms with van der Waals surface area (Å²) < 4.78 is 7.23. The minimum absolute atomic E-state index is 0.594. The number of hydrogen-bond donors (Lipinski definition) is 1. The molecule has 1 atom stereocenters. The highest BCUT2D eigenvalue weighted by molar-refractivity contribution is 5.51. The molecule has 0 amide bonds. The number of aromatic nitrogens is 2. The summed E-state index contributed by atoms with van der Waals surface area (Å²) in [5.41, 5.74) is 1.67. The summed E-state index contributed by atoms with van der Waals surface area (Å²) >= 11 is 0. The van der Waals surface area contributed by atoms with E-state index in [9.17, 15) is 5.11 Å². The second-order valence-corrected chi connectivity index (χ2v) is 3.91. The van der Waals surface area contributed by atoms with Crippen LogP contribution in [-0.2, 0) is 0 Å². The van der Waals surface area contributed by atoms with Crippen molar-refractivity contribution in [1.29, 1.82) is 0 Å². The largest absolute Gasteiger partial charge is 0.496 e. The molecule has 2 aromatic rings. The molecule has 0 radical (unpaired) electrons. The zero-order chi connectivity index (χ0) is 12.4. The molecule has 4 heteroatoms. The van der Waals surface area contributed by atoms with Gasteiger partial charge >= 0.3 is 0 Å². The highest BCUT2D eigenvalue weighted by Gasteiger charge is 2.16. The van der Waals surface area contributed by atoms with Crippen LogP contribution in [-0.4, -0.2) is 21.8 Å². The molecule has 1 aromatic heterocycles. The number of aliphatic hydroxyl groups excluding tert-OH is 1. The van der Waals surface area contributed by atoms with Crippen LogP contribution in [0.15, 0.2) is 30.6 Å². The molecule has 0 bridgehead atoms. The lowest BCUT2D eigenvalue weighted by atomic mass is 10.1. The molecule has 90 valence electrons. The number of nitrogens with zero attached hydrogens (tertiary/aromatic N) is 2. The maximum atomic E-state index is 9.89. The summed E-state index contributed by atoms with van der Waals surface area (Å²) in [5, 5.41) is 9.89. The van der Waals surface area contributed by atoms with Crippen molar-refractivity contribution in [3.63, 3.8) is 0 Å². The minimum atomic E-state index is -0.594. The molecule has 0 spiro atoms. The van der Waals surface area contributed by atoms with Crippen LogP contribution in [0.25, 0.3) is 5.69 Å². The fourth-order valence-corrected chi connectivity index (χ4v) is 1.97. The molecule has 4 nitrogen and oxygen atoms in total. The lowest BCUT2D eigenvalue weighted by Crippen LogP contribution is -2.05. The Morgan fingerprint density at radius 1 is 1.41 bits per heavy atom. The van der Waals surface area contributed by atoms with Gasteiger partial charge in [-0.2, -0.15) is 0 Å². The van der Waals surface area contributed by atoms with Crippen molar-refractivity contribution >= 4 is 0 Å². The smallest absolute Gasteiger partial charge is 0.126 e. The number of methoxy groups -OCH3 is 1. The van der Waals surface area contributed by atoms with E-state index in [4.69, 9.17) is 4.74 Å². The van der Waals surface area contributed by atoms with Gasteiger partial charge < -0.3 is 14.4 Å². The van der Waals surface area contributed by atoms with Gasteiger partial charge in [-0.05, 0) is 26.0 Å². The average molecular weight is 232 g/mol. The average Bonchev–Trinajstić information content (AvgIpc) is 2.74. The van der Waals surface area contributed by atoms with Crippen molar-refractivity contribution in [1.82, 2.24) is 9.55 Å². The van der Waals surface area contributed by atoms with Crippen LogP contribution in [0.5, 0.6) is 5.75 Å².